The van der Waals surface area contributed by atoms with Crippen molar-refractivity contribution in [1.29, 1.82) is 0 Å². The number of halogens is 1. The van der Waals surface area contributed by atoms with E-state index >= 15 is 0 Å². The average Bonchev–Trinajstić information content (AvgIpc) is 3.02. The van der Waals surface area contributed by atoms with Crippen LogP contribution >= 0.6 is 0 Å². The van der Waals surface area contributed by atoms with E-state index in [0.717, 1.165) is 38.0 Å². The fourth-order valence-electron chi connectivity index (χ4n) is 4.54. The topological polar surface area (TPSA) is 35.6 Å². The molecule has 1 spiro atoms. The molecule has 2 heterocycles. The number of carbonyl (C=O) groups excluding carboxylic acids is 1. The maximum Gasteiger partial charge on any atom is 0.244 e. The summed E-state index contributed by atoms with van der Waals surface area (Å²) in [5.74, 6) is -0.184. The lowest BCUT2D eigenvalue weighted by Crippen LogP contribution is -2.49. The van der Waals surface area contributed by atoms with Gasteiger partial charge in [0.05, 0.1) is 0 Å². The van der Waals surface area contributed by atoms with Crippen LogP contribution in [0.5, 0.6) is 0 Å². The van der Waals surface area contributed by atoms with Crippen molar-refractivity contribution in [3.63, 3.8) is 0 Å². The third kappa shape index (κ3) is 3.21. The Kier molecular flexibility index (Phi) is 4.64. The van der Waals surface area contributed by atoms with Crippen molar-refractivity contribution in [3.05, 3.63) is 65.5 Å². The molecule has 2 aliphatic rings. The third-order valence-electron chi connectivity index (χ3n) is 6.08. The molecule has 27 heavy (non-hydrogen) atoms. The minimum atomic E-state index is -0.381. The molecular weight excluding hydrogens is 341 g/mol. The molecule has 142 valence electrons. The number of hydrogen-bond acceptors (Lipinski definition) is 3. The molecule has 1 amide bonds. The lowest BCUT2D eigenvalue weighted by Gasteiger charge is -2.41. The fraction of sp³-hybridized carbons (Fsp3) is 0.409. The molecule has 5 heteroatoms. The van der Waals surface area contributed by atoms with Gasteiger partial charge in [-0.15, -0.1) is 0 Å². The monoisotopic (exact) mass is 367 g/mol. The Hall–Kier alpha value is -2.40. The summed E-state index contributed by atoms with van der Waals surface area (Å²) in [6, 6.07) is 14.4. The van der Waals surface area contributed by atoms with Crippen molar-refractivity contribution >= 4 is 11.6 Å². The van der Waals surface area contributed by atoms with E-state index < -0.39 is 0 Å². The molecule has 1 atom stereocenters. The van der Waals surface area contributed by atoms with Gasteiger partial charge in [-0.2, -0.15) is 0 Å². The van der Waals surface area contributed by atoms with Gasteiger partial charge in [0.25, 0.3) is 0 Å². The SMILES string of the molecule is CN(C)[C@@H](C(=O)N1CCC2(CC1)CNc1ccccc12)c1ccc(F)cc1. The zero-order valence-electron chi connectivity index (χ0n) is 15.9. The Balaban J connectivity index is 1.50. The van der Waals surface area contributed by atoms with E-state index in [9.17, 15) is 9.18 Å². The third-order valence-corrected chi connectivity index (χ3v) is 6.08. The number of anilines is 1. The number of fused-ring (bicyclic) bond motifs is 2. The maximum atomic E-state index is 13.3. The smallest absolute Gasteiger partial charge is 0.244 e. The molecule has 4 rings (SSSR count). The average molecular weight is 367 g/mol. The van der Waals surface area contributed by atoms with E-state index in [1.165, 1.54) is 23.4 Å². The van der Waals surface area contributed by atoms with Crippen LogP contribution in [-0.4, -0.2) is 49.4 Å². The van der Waals surface area contributed by atoms with Gasteiger partial charge in [-0.3, -0.25) is 9.69 Å². The molecule has 0 unspecified atom stereocenters. The number of nitrogens with one attached hydrogen (secondary N) is 1. The second kappa shape index (κ2) is 6.97. The van der Waals surface area contributed by atoms with Gasteiger partial charge in [0.15, 0.2) is 0 Å². The van der Waals surface area contributed by atoms with Crippen LogP contribution in [0.3, 0.4) is 0 Å². The van der Waals surface area contributed by atoms with E-state index in [-0.39, 0.29) is 23.2 Å². The number of likely N-dealkylation sites (tertiary alicyclic amines) is 1. The minimum absolute atomic E-state index is 0.0979. The first kappa shape index (κ1) is 18.0. The van der Waals surface area contributed by atoms with Gasteiger partial charge in [-0.05, 0) is 56.3 Å². The van der Waals surface area contributed by atoms with Crippen molar-refractivity contribution < 1.29 is 9.18 Å². The summed E-state index contributed by atoms with van der Waals surface area (Å²) in [6.45, 7) is 2.45. The first-order valence-corrected chi connectivity index (χ1v) is 9.54. The van der Waals surface area contributed by atoms with Crippen molar-refractivity contribution in [2.24, 2.45) is 0 Å². The van der Waals surface area contributed by atoms with Gasteiger partial charge < -0.3 is 10.2 Å². The summed E-state index contributed by atoms with van der Waals surface area (Å²) >= 11 is 0. The molecule has 0 bridgehead atoms. The van der Waals surface area contributed by atoms with Gasteiger partial charge in [0.1, 0.15) is 11.9 Å². The molecule has 1 fully saturated rings. The maximum absolute atomic E-state index is 13.3. The molecule has 1 saturated heterocycles. The minimum Gasteiger partial charge on any atom is -0.384 e. The quantitative estimate of drug-likeness (QED) is 0.903. The number of hydrogen-bond donors (Lipinski definition) is 1. The van der Waals surface area contributed by atoms with E-state index in [2.05, 4.69) is 29.6 Å². The van der Waals surface area contributed by atoms with Crippen molar-refractivity contribution in [2.75, 3.05) is 39.0 Å². The molecule has 2 aliphatic heterocycles. The Morgan fingerprint density at radius 3 is 2.44 bits per heavy atom. The van der Waals surface area contributed by atoms with Crippen LogP contribution in [-0.2, 0) is 10.2 Å². The van der Waals surface area contributed by atoms with Gasteiger partial charge >= 0.3 is 0 Å². The summed E-state index contributed by atoms with van der Waals surface area (Å²) in [7, 11) is 3.79. The number of rotatable bonds is 3. The zero-order valence-corrected chi connectivity index (χ0v) is 15.9. The molecule has 2 aromatic rings. The van der Waals surface area contributed by atoms with Crippen molar-refractivity contribution in [3.8, 4) is 0 Å². The van der Waals surface area contributed by atoms with Gasteiger partial charge in [-0.25, -0.2) is 4.39 Å². The Morgan fingerprint density at radius 2 is 1.78 bits per heavy atom. The standard InChI is InChI=1S/C22H26FN3O/c1-25(2)20(16-7-9-17(23)10-8-16)21(27)26-13-11-22(12-14-26)15-24-19-6-4-3-5-18(19)22/h3-10,20,24H,11-15H2,1-2H3/t20-/m1/s1. The first-order chi connectivity index (χ1) is 13.0. The summed E-state index contributed by atoms with van der Waals surface area (Å²) < 4.78 is 13.3. The molecule has 1 N–H and O–H groups in total. The molecule has 2 aromatic carbocycles. The highest BCUT2D eigenvalue weighted by Gasteiger charge is 2.43. The van der Waals surface area contributed by atoms with E-state index in [4.69, 9.17) is 0 Å². The van der Waals surface area contributed by atoms with Gasteiger partial charge in [0.2, 0.25) is 5.91 Å². The number of carbonyl (C=O) groups is 1. The van der Waals surface area contributed by atoms with Gasteiger partial charge in [0, 0.05) is 30.7 Å². The molecular formula is C22H26FN3O. The molecule has 0 radical (unpaired) electrons. The fourth-order valence-corrected chi connectivity index (χ4v) is 4.54. The number of amides is 1. The van der Waals surface area contributed by atoms with Crippen LogP contribution in [0.15, 0.2) is 48.5 Å². The van der Waals surface area contributed by atoms with Crippen LogP contribution < -0.4 is 5.32 Å². The Labute approximate surface area is 160 Å². The highest BCUT2D eigenvalue weighted by Crippen LogP contribution is 2.44. The lowest BCUT2D eigenvalue weighted by atomic mass is 9.74. The zero-order chi connectivity index (χ0) is 19.0. The number of para-hydroxylation sites is 1. The summed E-state index contributed by atoms with van der Waals surface area (Å²) in [6.07, 6.45) is 1.93. The summed E-state index contributed by atoms with van der Waals surface area (Å²) in [4.78, 5) is 17.1. The predicted molar refractivity (Wildman–Crippen MR) is 105 cm³/mol. The number of benzene rings is 2. The van der Waals surface area contributed by atoms with E-state index in [1.54, 1.807) is 12.1 Å². The second-order valence-electron chi connectivity index (χ2n) is 7.92. The summed E-state index contributed by atoms with van der Waals surface area (Å²) in [5, 5.41) is 3.53. The Morgan fingerprint density at radius 1 is 1.11 bits per heavy atom. The molecule has 0 aromatic heterocycles. The summed E-state index contributed by atoms with van der Waals surface area (Å²) in [5.41, 5.74) is 3.59. The van der Waals surface area contributed by atoms with E-state index in [1.807, 2.05) is 23.9 Å². The number of nitrogens with zero attached hydrogens (tertiary/aromatic N) is 2. The number of likely N-dealkylation sites (N-methyl/N-ethyl adjacent to an activating group) is 1. The van der Waals surface area contributed by atoms with E-state index in [0.29, 0.717) is 0 Å². The molecule has 0 aliphatic carbocycles. The number of piperidine rings is 1. The van der Waals surface area contributed by atoms with Crippen LogP contribution in [0.25, 0.3) is 0 Å². The lowest BCUT2D eigenvalue weighted by molar-refractivity contribution is -0.138. The second-order valence-corrected chi connectivity index (χ2v) is 7.92. The van der Waals surface area contributed by atoms with Crippen molar-refractivity contribution in [1.82, 2.24) is 9.80 Å². The highest BCUT2D eigenvalue weighted by atomic mass is 19.1. The van der Waals surface area contributed by atoms with Gasteiger partial charge in [-0.1, -0.05) is 30.3 Å². The first-order valence-electron chi connectivity index (χ1n) is 9.54. The highest BCUT2D eigenvalue weighted by molar-refractivity contribution is 5.83. The van der Waals surface area contributed by atoms with Crippen LogP contribution in [0.2, 0.25) is 0 Å². The Bertz CT molecular complexity index is 826. The largest absolute Gasteiger partial charge is 0.384 e. The molecule has 4 nitrogen and oxygen atoms in total. The van der Waals surface area contributed by atoms with Crippen LogP contribution in [0.1, 0.15) is 30.0 Å². The van der Waals surface area contributed by atoms with Crippen LogP contribution in [0.4, 0.5) is 10.1 Å². The molecule has 0 saturated carbocycles. The van der Waals surface area contributed by atoms with Crippen LogP contribution in [0, 0.1) is 5.82 Å². The normalized spacial score (nSPS) is 19.0. The predicted octanol–water partition coefficient (Wildman–Crippen LogP) is 3.41. The van der Waals surface area contributed by atoms with Crippen molar-refractivity contribution in [2.45, 2.75) is 24.3 Å².